The second-order valence-corrected chi connectivity index (χ2v) is 9.61. The lowest BCUT2D eigenvalue weighted by Gasteiger charge is -2.43. The van der Waals surface area contributed by atoms with E-state index in [1.165, 1.54) is 37.2 Å². The number of amides is 2. The summed E-state index contributed by atoms with van der Waals surface area (Å²) in [5.41, 5.74) is 0.844. The summed E-state index contributed by atoms with van der Waals surface area (Å²) in [4.78, 5) is 26.9. The van der Waals surface area contributed by atoms with E-state index in [2.05, 4.69) is 15.5 Å². The lowest BCUT2D eigenvalue weighted by atomic mass is 9.94. The third-order valence-corrected chi connectivity index (χ3v) is 7.19. The first-order valence-corrected chi connectivity index (χ1v) is 11.9. The van der Waals surface area contributed by atoms with E-state index in [0.29, 0.717) is 18.0 Å². The van der Waals surface area contributed by atoms with Crippen LogP contribution in [0.25, 0.3) is 0 Å². The Labute approximate surface area is 177 Å². The molecular weight excluding hydrogens is 386 g/mol. The van der Waals surface area contributed by atoms with Crippen LogP contribution in [0.4, 0.5) is 5.69 Å². The van der Waals surface area contributed by atoms with Gasteiger partial charge in [0.25, 0.3) is 5.91 Å². The first-order chi connectivity index (χ1) is 14.1. The van der Waals surface area contributed by atoms with Gasteiger partial charge in [0.1, 0.15) is 5.75 Å². The van der Waals surface area contributed by atoms with Crippen molar-refractivity contribution in [1.29, 1.82) is 0 Å². The van der Waals surface area contributed by atoms with Gasteiger partial charge in [-0.05, 0) is 37.8 Å². The van der Waals surface area contributed by atoms with Gasteiger partial charge < -0.3 is 15.4 Å². The van der Waals surface area contributed by atoms with Crippen molar-refractivity contribution in [3.8, 4) is 5.75 Å². The predicted molar refractivity (Wildman–Crippen MR) is 116 cm³/mol. The van der Waals surface area contributed by atoms with Crippen molar-refractivity contribution < 1.29 is 14.3 Å². The van der Waals surface area contributed by atoms with Gasteiger partial charge in [0, 0.05) is 54.4 Å². The molecule has 0 aromatic heterocycles. The van der Waals surface area contributed by atoms with Crippen molar-refractivity contribution in [2.45, 2.75) is 44.1 Å². The summed E-state index contributed by atoms with van der Waals surface area (Å²) in [6.07, 6.45) is 6.77. The molecule has 2 amide bonds. The third-order valence-electron chi connectivity index (χ3n) is 6.25. The number of ether oxygens (including phenoxy) is 1. The maximum Gasteiger partial charge on any atom is 0.258 e. The van der Waals surface area contributed by atoms with Crippen LogP contribution in [0, 0.1) is 5.92 Å². The van der Waals surface area contributed by atoms with Crippen molar-refractivity contribution in [3.05, 3.63) is 24.3 Å². The number of hydrogen-bond donors (Lipinski definition) is 2. The van der Waals surface area contributed by atoms with Crippen LogP contribution >= 0.6 is 11.8 Å². The predicted octanol–water partition coefficient (Wildman–Crippen LogP) is 2.89. The maximum absolute atomic E-state index is 12.4. The van der Waals surface area contributed by atoms with Gasteiger partial charge in [0.05, 0.1) is 0 Å². The Morgan fingerprint density at radius 2 is 1.93 bits per heavy atom. The van der Waals surface area contributed by atoms with E-state index in [1.54, 1.807) is 6.07 Å². The molecule has 7 heteroatoms. The van der Waals surface area contributed by atoms with Gasteiger partial charge in [0.15, 0.2) is 6.61 Å². The van der Waals surface area contributed by atoms with Crippen molar-refractivity contribution in [2.24, 2.45) is 5.92 Å². The van der Waals surface area contributed by atoms with Gasteiger partial charge in [-0.1, -0.05) is 18.9 Å². The van der Waals surface area contributed by atoms with Crippen LogP contribution < -0.4 is 15.4 Å². The van der Waals surface area contributed by atoms with Crippen LogP contribution in [0.5, 0.6) is 5.75 Å². The Hall–Kier alpha value is -1.73. The molecule has 0 bridgehead atoms. The fourth-order valence-corrected chi connectivity index (χ4v) is 5.30. The third kappa shape index (κ3) is 5.45. The van der Waals surface area contributed by atoms with Gasteiger partial charge in [0.2, 0.25) is 5.91 Å². The first kappa shape index (κ1) is 20.5. The quantitative estimate of drug-likeness (QED) is 0.681. The summed E-state index contributed by atoms with van der Waals surface area (Å²) in [6.45, 7) is 2.94. The molecule has 1 saturated heterocycles. The second-order valence-electron chi connectivity index (χ2n) is 8.39. The van der Waals surface area contributed by atoms with E-state index in [0.717, 1.165) is 25.9 Å². The second kappa shape index (κ2) is 9.39. The molecule has 6 nitrogen and oxygen atoms in total. The van der Waals surface area contributed by atoms with E-state index in [1.807, 2.05) is 30.0 Å². The zero-order valence-corrected chi connectivity index (χ0v) is 17.8. The van der Waals surface area contributed by atoms with Crippen molar-refractivity contribution in [3.63, 3.8) is 0 Å². The number of anilines is 1. The Kier molecular flexibility index (Phi) is 6.65. The lowest BCUT2D eigenvalue weighted by molar-refractivity contribution is -0.123. The van der Waals surface area contributed by atoms with Gasteiger partial charge in [-0.2, -0.15) is 11.8 Å². The van der Waals surface area contributed by atoms with E-state index in [9.17, 15) is 9.59 Å². The summed E-state index contributed by atoms with van der Waals surface area (Å²) in [7, 11) is 0. The van der Waals surface area contributed by atoms with Crippen LogP contribution in [0.2, 0.25) is 0 Å². The number of carbonyl (C=O) groups excluding carboxylic acids is 2. The molecule has 0 atom stereocenters. The number of hydrogen-bond acceptors (Lipinski definition) is 5. The van der Waals surface area contributed by atoms with Crippen LogP contribution in [-0.4, -0.2) is 60.0 Å². The average molecular weight is 418 g/mol. The van der Waals surface area contributed by atoms with Gasteiger partial charge >= 0.3 is 0 Å². The Balaban J connectivity index is 1.25. The van der Waals surface area contributed by atoms with Gasteiger partial charge in [-0.15, -0.1) is 0 Å². The molecule has 1 heterocycles. The lowest BCUT2D eigenvalue weighted by Crippen LogP contribution is -2.56. The Morgan fingerprint density at radius 1 is 1.17 bits per heavy atom. The molecule has 1 aromatic rings. The van der Waals surface area contributed by atoms with Crippen LogP contribution in [0.1, 0.15) is 38.5 Å². The maximum atomic E-state index is 12.4. The summed E-state index contributed by atoms with van der Waals surface area (Å²) < 4.78 is 5.68. The molecule has 2 aliphatic carbocycles. The van der Waals surface area contributed by atoms with Gasteiger partial charge in [-0.25, -0.2) is 0 Å². The Bertz CT molecular complexity index is 726. The van der Waals surface area contributed by atoms with Crippen molar-refractivity contribution >= 4 is 29.3 Å². The standard InChI is InChI=1S/C22H31N3O3S/c26-20(23-16-22(8-1-2-9-22)25-10-12-29-13-11-25)15-28-19-5-3-4-18(14-19)24-21(27)17-6-7-17/h3-5,14,17H,1-2,6-13,15-16H2,(H,23,26)(H,24,27). The minimum Gasteiger partial charge on any atom is -0.484 e. The number of thioether (sulfide) groups is 1. The van der Waals surface area contributed by atoms with Crippen molar-refractivity contribution in [2.75, 3.05) is 43.1 Å². The van der Waals surface area contributed by atoms with Crippen LogP contribution in [-0.2, 0) is 9.59 Å². The largest absolute Gasteiger partial charge is 0.484 e. The number of carbonyl (C=O) groups is 2. The average Bonchev–Trinajstić information content (AvgIpc) is 3.50. The van der Waals surface area contributed by atoms with E-state index in [-0.39, 0.29) is 29.9 Å². The number of benzene rings is 1. The molecule has 3 aliphatic rings. The van der Waals surface area contributed by atoms with Crippen LogP contribution in [0.3, 0.4) is 0 Å². The SMILES string of the molecule is O=C(COc1cccc(NC(=O)C2CC2)c1)NCC1(N2CCSCC2)CCCC1. The fourth-order valence-electron chi connectivity index (χ4n) is 4.39. The highest BCUT2D eigenvalue weighted by atomic mass is 32.2. The monoisotopic (exact) mass is 417 g/mol. The summed E-state index contributed by atoms with van der Waals surface area (Å²) in [5, 5.41) is 6.03. The van der Waals surface area contributed by atoms with E-state index >= 15 is 0 Å². The normalized spacial score (nSPS) is 21.5. The molecule has 29 heavy (non-hydrogen) atoms. The summed E-state index contributed by atoms with van der Waals surface area (Å²) >= 11 is 2.02. The molecule has 2 saturated carbocycles. The molecule has 0 spiro atoms. The highest BCUT2D eigenvalue weighted by Crippen LogP contribution is 2.36. The highest BCUT2D eigenvalue weighted by Gasteiger charge is 2.40. The van der Waals surface area contributed by atoms with E-state index < -0.39 is 0 Å². The van der Waals surface area contributed by atoms with Crippen molar-refractivity contribution in [1.82, 2.24) is 10.2 Å². The zero-order valence-electron chi connectivity index (χ0n) is 17.0. The molecule has 158 valence electrons. The fraction of sp³-hybridized carbons (Fsp3) is 0.636. The summed E-state index contributed by atoms with van der Waals surface area (Å²) in [6, 6.07) is 7.26. The minimum absolute atomic E-state index is 0.00798. The molecule has 3 fully saturated rings. The Morgan fingerprint density at radius 3 is 2.66 bits per heavy atom. The smallest absolute Gasteiger partial charge is 0.258 e. The molecule has 0 radical (unpaired) electrons. The number of nitrogens with zero attached hydrogens (tertiary/aromatic N) is 1. The first-order valence-electron chi connectivity index (χ1n) is 10.8. The number of nitrogens with one attached hydrogen (secondary N) is 2. The minimum atomic E-state index is -0.0879. The van der Waals surface area contributed by atoms with Gasteiger partial charge in [-0.3, -0.25) is 14.5 Å². The highest BCUT2D eigenvalue weighted by molar-refractivity contribution is 7.99. The number of rotatable bonds is 8. The molecule has 2 N–H and O–H groups in total. The topological polar surface area (TPSA) is 70.7 Å². The summed E-state index contributed by atoms with van der Waals surface area (Å²) in [5.74, 6) is 3.11. The van der Waals surface area contributed by atoms with E-state index in [4.69, 9.17) is 4.74 Å². The molecule has 0 unspecified atom stereocenters. The molecule has 4 rings (SSSR count). The molecule has 1 aromatic carbocycles. The van der Waals surface area contributed by atoms with Crippen LogP contribution in [0.15, 0.2) is 24.3 Å². The zero-order chi connectivity index (χ0) is 20.1. The molecular formula is C22H31N3O3S. The molecule has 1 aliphatic heterocycles.